The predicted octanol–water partition coefficient (Wildman–Crippen LogP) is 2.90. The molecule has 0 aliphatic carbocycles. The van der Waals surface area contributed by atoms with Crippen LogP contribution in [0.15, 0.2) is 23.8 Å². The zero-order chi connectivity index (χ0) is 24.9. The quantitative estimate of drug-likeness (QED) is 0.636. The summed E-state index contributed by atoms with van der Waals surface area (Å²) in [6.07, 6.45) is 2.22. The molecule has 2 fully saturated rings. The number of hydrogen-bond acceptors (Lipinski definition) is 9. The molecular weight excluding hydrogens is 475 g/mol. The van der Waals surface area contributed by atoms with Crippen LogP contribution in [-0.2, 0) is 4.74 Å². The first-order valence-electron chi connectivity index (χ1n) is 11.6. The van der Waals surface area contributed by atoms with Gasteiger partial charge < -0.3 is 19.4 Å². The highest BCUT2D eigenvalue weighted by atomic mass is 32.1. The molecule has 4 atom stereocenters. The Morgan fingerprint density at radius 3 is 2.77 bits per heavy atom. The fraction of sp³-hybridized carbons (Fsp3) is 0.591. The Morgan fingerprint density at radius 2 is 2.03 bits per heavy atom. The van der Waals surface area contributed by atoms with Gasteiger partial charge in [-0.25, -0.2) is 23.9 Å². The molecule has 2 aromatic rings. The van der Waals surface area contributed by atoms with Crippen LogP contribution >= 0.6 is 11.3 Å². The van der Waals surface area contributed by atoms with E-state index in [9.17, 15) is 14.0 Å². The average Bonchev–Trinajstić information content (AvgIpc) is 3.34. The number of rotatable bonds is 5. The van der Waals surface area contributed by atoms with E-state index in [1.165, 1.54) is 22.4 Å². The van der Waals surface area contributed by atoms with Crippen LogP contribution in [0.2, 0.25) is 0 Å². The number of amides is 3. The van der Waals surface area contributed by atoms with Crippen molar-refractivity contribution in [2.24, 2.45) is 5.92 Å². The normalized spacial score (nSPS) is 25.1. The number of carbonyl (C=O) groups is 2. The maximum atomic E-state index is 14.8. The number of nitrogens with one attached hydrogen (secondary N) is 2. The topological polar surface area (TPSA) is 116 Å². The number of nitrogens with zero attached hydrogens (tertiary/aromatic N) is 6. The van der Waals surface area contributed by atoms with Gasteiger partial charge in [0.1, 0.15) is 18.1 Å². The lowest BCUT2D eigenvalue weighted by atomic mass is 9.97. The van der Waals surface area contributed by atoms with E-state index in [1.54, 1.807) is 24.7 Å². The van der Waals surface area contributed by atoms with Gasteiger partial charge in [0.05, 0.1) is 6.04 Å². The van der Waals surface area contributed by atoms with Crippen molar-refractivity contribution in [3.63, 3.8) is 0 Å². The molecule has 2 aliphatic heterocycles. The smallest absolute Gasteiger partial charge is 0.413 e. The number of alkyl halides is 1. The van der Waals surface area contributed by atoms with Gasteiger partial charge >= 0.3 is 12.1 Å². The fourth-order valence-electron chi connectivity index (χ4n) is 4.41. The predicted molar refractivity (Wildman–Crippen MR) is 132 cm³/mol. The molecule has 190 valence electrons. The van der Waals surface area contributed by atoms with E-state index in [0.717, 1.165) is 19.5 Å². The summed E-state index contributed by atoms with van der Waals surface area (Å²) in [4.78, 5) is 43.2. The molecule has 35 heavy (non-hydrogen) atoms. The molecule has 4 rings (SSSR count). The minimum absolute atomic E-state index is 0.150. The summed E-state index contributed by atoms with van der Waals surface area (Å²) in [5.41, 5.74) is 0. The maximum absolute atomic E-state index is 14.8. The van der Waals surface area contributed by atoms with Crippen LogP contribution in [0.4, 0.5) is 30.9 Å². The number of ether oxygens (including phenoxy) is 1. The van der Waals surface area contributed by atoms with E-state index in [0.29, 0.717) is 23.4 Å². The molecule has 0 bridgehead atoms. The van der Waals surface area contributed by atoms with E-state index < -0.39 is 24.3 Å². The first-order valence-corrected chi connectivity index (χ1v) is 12.5. The number of likely N-dealkylation sites (tertiary alicyclic amines) is 1. The summed E-state index contributed by atoms with van der Waals surface area (Å²) in [5, 5.41) is 7.56. The van der Waals surface area contributed by atoms with Crippen molar-refractivity contribution in [1.82, 2.24) is 24.8 Å². The van der Waals surface area contributed by atoms with Gasteiger partial charge in [-0.15, -0.1) is 11.3 Å². The largest absolute Gasteiger partial charge is 0.446 e. The average molecular weight is 507 g/mol. The number of urea groups is 1. The van der Waals surface area contributed by atoms with Crippen molar-refractivity contribution in [3.05, 3.63) is 23.8 Å². The first kappa shape index (κ1) is 25.0. The monoisotopic (exact) mass is 506 g/mol. The van der Waals surface area contributed by atoms with Crippen molar-refractivity contribution >= 4 is 40.4 Å². The van der Waals surface area contributed by atoms with E-state index in [-0.39, 0.29) is 25.0 Å². The Balaban J connectivity index is 1.36. The molecule has 0 unspecified atom stereocenters. The van der Waals surface area contributed by atoms with Crippen molar-refractivity contribution in [1.29, 1.82) is 0 Å². The van der Waals surface area contributed by atoms with Gasteiger partial charge in [-0.05, 0) is 26.0 Å². The number of thiazole rings is 1. The summed E-state index contributed by atoms with van der Waals surface area (Å²) in [5.74, 6) is 0.889. The molecule has 2 aromatic heterocycles. The first-order chi connectivity index (χ1) is 16.8. The maximum Gasteiger partial charge on any atom is 0.413 e. The third-order valence-corrected chi connectivity index (χ3v) is 7.10. The Bertz CT molecular complexity index is 1010. The number of aromatic nitrogens is 3. The molecule has 13 heteroatoms. The number of hydrogen-bond donors (Lipinski definition) is 2. The lowest BCUT2D eigenvalue weighted by Crippen LogP contribution is -2.55. The Labute approximate surface area is 207 Å². The molecule has 4 heterocycles. The summed E-state index contributed by atoms with van der Waals surface area (Å²) < 4.78 is 20.4. The third-order valence-electron chi connectivity index (χ3n) is 6.41. The molecule has 2 N–H and O–H groups in total. The van der Waals surface area contributed by atoms with Crippen molar-refractivity contribution in [2.45, 2.75) is 38.1 Å². The van der Waals surface area contributed by atoms with Crippen LogP contribution in [0.1, 0.15) is 19.8 Å². The highest BCUT2D eigenvalue weighted by molar-refractivity contribution is 7.13. The Morgan fingerprint density at radius 1 is 1.20 bits per heavy atom. The summed E-state index contributed by atoms with van der Waals surface area (Å²) in [7, 11) is 3.61. The van der Waals surface area contributed by atoms with Gasteiger partial charge in [-0.1, -0.05) is 6.92 Å². The highest BCUT2D eigenvalue weighted by Crippen LogP contribution is 2.24. The number of anilines is 3. The molecule has 0 aromatic carbocycles. The molecule has 0 radical (unpaired) electrons. The second kappa shape index (κ2) is 11.1. The highest BCUT2D eigenvalue weighted by Gasteiger charge is 2.35. The standard InChI is InChI=1S/C22H31FN8O3S/c1-14-12-29(2)9-6-17(14)34-22(33)27-18-4-7-24-19(26-18)31-10-5-15(23)16(13-31)30(3)21(32)28-20-25-8-11-35-20/h4,7-8,11,14-17H,5-6,9-10,12-13H2,1-3H3,(H,25,28,32)(H,24,26,27,33)/t14-,15-,16+,17-/m1/s1. The minimum atomic E-state index is -1.19. The Hall–Kier alpha value is -3.06. The van der Waals surface area contributed by atoms with Gasteiger partial charge in [0.2, 0.25) is 5.95 Å². The lowest BCUT2D eigenvalue weighted by molar-refractivity contribution is 0.0284. The van der Waals surface area contributed by atoms with Crippen molar-refractivity contribution in [3.8, 4) is 0 Å². The van der Waals surface area contributed by atoms with E-state index in [2.05, 4.69) is 44.5 Å². The zero-order valence-electron chi connectivity index (χ0n) is 20.1. The van der Waals surface area contributed by atoms with Crippen LogP contribution < -0.4 is 15.5 Å². The number of carbonyl (C=O) groups excluding carboxylic acids is 2. The van der Waals surface area contributed by atoms with E-state index >= 15 is 0 Å². The van der Waals surface area contributed by atoms with Crippen LogP contribution in [-0.4, -0.2) is 95.5 Å². The lowest BCUT2D eigenvalue weighted by Gasteiger charge is -2.39. The molecular formula is C22H31FN8O3S. The van der Waals surface area contributed by atoms with Crippen LogP contribution in [0.5, 0.6) is 0 Å². The fourth-order valence-corrected chi connectivity index (χ4v) is 4.93. The van der Waals surface area contributed by atoms with Crippen LogP contribution in [0.3, 0.4) is 0 Å². The van der Waals surface area contributed by atoms with Crippen molar-refractivity contribution in [2.75, 3.05) is 55.8 Å². The number of likely N-dealkylation sites (N-methyl/N-ethyl adjacent to an activating group) is 1. The van der Waals surface area contributed by atoms with Gasteiger partial charge in [-0.2, -0.15) is 4.98 Å². The van der Waals surface area contributed by atoms with Gasteiger partial charge in [0.15, 0.2) is 5.13 Å². The second-order valence-electron chi connectivity index (χ2n) is 9.04. The molecule has 2 saturated heterocycles. The summed E-state index contributed by atoms with van der Waals surface area (Å²) >= 11 is 1.29. The molecule has 0 spiro atoms. The zero-order valence-corrected chi connectivity index (χ0v) is 20.9. The minimum Gasteiger partial charge on any atom is -0.446 e. The van der Waals surface area contributed by atoms with Gasteiger partial charge in [-0.3, -0.25) is 10.6 Å². The van der Waals surface area contributed by atoms with E-state index in [1.807, 2.05) is 4.90 Å². The molecule has 0 saturated carbocycles. The molecule has 11 nitrogen and oxygen atoms in total. The number of halogens is 1. The van der Waals surface area contributed by atoms with Gasteiger partial charge in [0, 0.05) is 56.9 Å². The second-order valence-corrected chi connectivity index (χ2v) is 9.93. The summed E-state index contributed by atoms with van der Waals surface area (Å²) in [6.45, 7) is 4.42. The number of piperidine rings is 2. The van der Waals surface area contributed by atoms with Crippen LogP contribution in [0, 0.1) is 5.92 Å². The van der Waals surface area contributed by atoms with E-state index in [4.69, 9.17) is 4.74 Å². The van der Waals surface area contributed by atoms with Crippen LogP contribution in [0.25, 0.3) is 0 Å². The third kappa shape index (κ3) is 6.34. The Kier molecular flexibility index (Phi) is 7.96. The van der Waals surface area contributed by atoms with Crippen molar-refractivity contribution < 1.29 is 18.7 Å². The molecule has 3 amide bonds. The molecule has 2 aliphatic rings. The van der Waals surface area contributed by atoms with Gasteiger partial charge in [0.25, 0.3) is 0 Å². The SMILES string of the molecule is C[C@@H]1CN(C)CC[C@H]1OC(=O)Nc1ccnc(N2CC[C@@H](F)[C@@H](N(C)C(=O)Nc3nccs3)C2)n1. The summed E-state index contributed by atoms with van der Waals surface area (Å²) in [6, 6.07) is 0.451.